The first-order valence-electron chi connectivity index (χ1n) is 8.18. The lowest BCUT2D eigenvalue weighted by molar-refractivity contribution is -0.131. The Bertz CT molecular complexity index is 732. The molecule has 5 heteroatoms. The zero-order chi connectivity index (χ0) is 18.2. The number of rotatable bonds is 7. The number of hydrogen-bond donors (Lipinski definition) is 1. The molecule has 2 amide bonds. The van der Waals surface area contributed by atoms with E-state index in [1.807, 2.05) is 62.4 Å². The highest BCUT2D eigenvalue weighted by atomic mass is 32.2. The molecule has 0 atom stereocenters. The van der Waals surface area contributed by atoms with Crippen LogP contribution in [0.15, 0.2) is 48.5 Å². The second-order valence-corrected chi connectivity index (χ2v) is 7.08. The molecule has 0 saturated carbocycles. The van der Waals surface area contributed by atoms with E-state index in [1.54, 1.807) is 18.8 Å². The van der Waals surface area contributed by atoms with E-state index in [2.05, 4.69) is 5.32 Å². The number of amides is 2. The van der Waals surface area contributed by atoms with Crippen LogP contribution in [0.1, 0.15) is 16.7 Å². The maximum Gasteiger partial charge on any atom is 0.243 e. The van der Waals surface area contributed by atoms with E-state index in [0.717, 1.165) is 22.6 Å². The third-order valence-corrected chi connectivity index (χ3v) is 4.80. The molecule has 2 aromatic carbocycles. The van der Waals surface area contributed by atoms with Gasteiger partial charge in [-0.25, -0.2) is 0 Å². The summed E-state index contributed by atoms with van der Waals surface area (Å²) in [7, 11) is 1.66. The maximum absolute atomic E-state index is 12.2. The standard InChI is InChI=1S/C20H24N2O2S/c1-15-9-10-16(2)18(11-15)21-19(23)12-22(3)20(24)14-25-13-17-7-5-4-6-8-17/h4-11H,12-14H2,1-3H3,(H,21,23). The molecule has 0 aromatic heterocycles. The van der Waals surface area contributed by atoms with Crippen molar-refractivity contribution in [3.05, 3.63) is 65.2 Å². The first-order chi connectivity index (χ1) is 12.0. The van der Waals surface area contributed by atoms with Crippen LogP contribution in [0.4, 0.5) is 5.69 Å². The van der Waals surface area contributed by atoms with E-state index in [0.29, 0.717) is 5.75 Å². The first-order valence-corrected chi connectivity index (χ1v) is 9.34. The number of benzene rings is 2. The van der Waals surface area contributed by atoms with Gasteiger partial charge in [-0.3, -0.25) is 9.59 Å². The molecule has 0 bridgehead atoms. The lowest BCUT2D eigenvalue weighted by Gasteiger charge is -2.17. The summed E-state index contributed by atoms with van der Waals surface area (Å²) in [6.45, 7) is 3.98. The van der Waals surface area contributed by atoms with Gasteiger partial charge in [0.2, 0.25) is 11.8 Å². The van der Waals surface area contributed by atoms with Crippen LogP contribution in [0.5, 0.6) is 0 Å². The summed E-state index contributed by atoms with van der Waals surface area (Å²) >= 11 is 1.56. The quantitative estimate of drug-likeness (QED) is 0.824. The topological polar surface area (TPSA) is 49.4 Å². The fourth-order valence-electron chi connectivity index (χ4n) is 2.30. The number of thioether (sulfide) groups is 1. The normalized spacial score (nSPS) is 10.4. The van der Waals surface area contributed by atoms with Crippen LogP contribution < -0.4 is 5.32 Å². The second kappa shape index (κ2) is 9.28. The highest BCUT2D eigenvalue weighted by Gasteiger charge is 2.13. The van der Waals surface area contributed by atoms with Gasteiger partial charge >= 0.3 is 0 Å². The van der Waals surface area contributed by atoms with E-state index in [4.69, 9.17) is 0 Å². The molecule has 0 aliphatic heterocycles. The first kappa shape index (κ1) is 19.1. The Kier molecular flexibility index (Phi) is 7.07. The van der Waals surface area contributed by atoms with Gasteiger partial charge in [-0.1, -0.05) is 42.5 Å². The Hall–Kier alpha value is -2.27. The minimum Gasteiger partial charge on any atom is -0.336 e. The molecule has 0 aliphatic rings. The average molecular weight is 356 g/mol. The van der Waals surface area contributed by atoms with E-state index >= 15 is 0 Å². The largest absolute Gasteiger partial charge is 0.336 e. The monoisotopic (exact) mass is 356 g/mol. The average Bonchev–Trinajstić information content (AvgIpc) is 2.59. The summed E-state index contributed by atoms with van der Waals surface area (Å²) in [5.74, 6) is 0.923. The zero-order valence-electron chi connectivity index (χ0n) is 14.9. The molecule has 0 unspecified atom stereocenters. The van der Waals surface area contributed by atoms with Gasteiger partial charge in [0.05, 0.1) is 12.3 Å². The van der Waals surface area contributed by atoms with Gasteiger partial charge in [0.25, 0.3) is 0 Å². The number of anilines is 1. The SMILES string of the molecule is Cc1ccc(C)c(NC(=O)CN(C)C(=O)CSCc2ccccc2)c1. The van der Waals surface area contributed by atoms with Gasteiger partial charge in [0, 0.05) is 18.5 Å². The number of nitrogens with one attached hydrogen (secondary N) is 1. The lowest BCUT2D eigenvalue weighted by Crippen LogP contribution is -2.36. The van der Waals surface area contributed by atoms with Crippen LogP contribution in [-0.4, -0.2) is 36.1 Å². The van der Waals surface area contributed by atoms with Gasteiger partial charge in [0.1, 0.15) is 0 Å². The van der Waals surface area contributed by atoms with Crippen molar-refractivity contribution < 1.29 is 9.59 Å². The van der Waals surface area contributed by atoms with E-state index in [9.17, 15) is 9.59 Å². The summed E-state index contributed by atoms with van der Waals surface area (Å²) in [5.41, 5.74) is 4.08. The van der Waals surface area contributed by atoms with Crippen LogP contribution >= 0.6 is 11.8 Å². The molecule has 4 nitrogen and oxygen atoms in total. The Morgan fingerprint density at radius 1 is 1.08 bits per heavy atom. The molecular formula is C20H24N2O2S. The molecule has 2 rings (SSSR count). The summed E-state index contributed by atoms with van der Waals surface area (Å²) in [6, 6.07) is 15.9. The summed E-state index contributed by atoms with van der Waals surface area (Å²) in [4.78, 5) is 25.8. The van der Waals surface area contributed by atoms with Gasteiger partial charge in [-0.2, -0.15) is 0 Å². The number of aryl methyl sites for hydroxylation is 2. The fourth-order valence-corrected chi connectivity index (χ4v) is 3.23. The summed E-state index contributed by atoms with van der Waals surface area (Å²) in [5, 5.41) is 2.88. The third kappa shape index (κ3) is 6.27. The van der Waals surface area contributed by atoms with Gasteiger partial charge < -0.3 is 10.2 Å². The second-order valence-electron chi connectivity index (χ2n) is 6.09. The minimum atomic E-state index is -0.183. The van der Waals surface area contributed by atoms with Gasteiger partial charge in [-0.15, -0.1) is 11.8 Å². The van der Waals surface area contributed by atoms with Crippen LogP contribution in [-0.2, 0) is 15.3 Å². The zero-order valence-corrected chi connectivity index (χ0v) is 15.7. The predicted octanol–water partition coefficient (Wildman–Crippen LogP) is 3.63. The van der Waals surface area contributed by atoms with Crippen LogP contribution in [0.3, 0.4) is 0 Å². The molecular weight excluding hydrogens is 332 g/mol. The van der Waals surface area contributed by atoms with Crippen molar-refractivity contribution in [3.63, 3.8) is 0 Å². The Balaban J connectivity index is 1.78. The number of nitrogens with zero attached hydrogens (tertiary/aromatic N) is 1. The number of likely N-dealkylation sites (N-methyl/N-ethyl adjacent to an activating group) is 1. The third-order valence-electron chi connectivity index (χ3n) is 3.81. The molecule has 0 heterocycles. The van der Waals surface area contributed by atoms with E-state index in [1.165, 1.54) is 10.5 Å². The fraction of sp³-hybridized carbons (Fsp3) is 0.300. The number of hydrogen-bond acceptors (Lipinski definition) is 3. The Morgan fingerprint density at radius 2 is 1.80 bits per heavy atom. The van der Waals surface area contributed by atoms with Crippen molar-refractivity contribution in [2.75, 3.05) is 24.7 Å². The van der Waals surface area contributed by atoms with Crippen LogP contribution in [0.2, 0.25) is 0 Å². The minimum absolute atomic E-state index is 0.0444. The molecule has 0 spiro atoms. The van der Waals surface area contributed by atoms with Crippen molar-refractivity contribution >= 4 is 29.3 Å². The van der Waals surface area contributed by atoms with E-state index in [-0.39, 0.29) is 18.4 Å². The maximum atomic E-state index is 12.2. The van der Waals surface area contributed by atoms with E-state index < -0.39 is 0 Å². The Morgan fingerprint density at radius 3 is 2.52 bits per heavy atom. The van der Waals surface area contributed by atoms with Crippen LogP contribution in [0, 0.1) is 13.8 Å². The van der Waals surface area contributed by atoms with Crippen molar-refractivity contribution in [3.8, 4) is 0 Å². The predicted molar refractivity (Wildman–Crippen MR) is 105 cm³/mol. The highest BCUT2D eigenvalue weighted by molar-refractivity contribution is 7.99. The molecule has 0 aliphatic carbocycles. The van der Waals surface area contributed by atoms with Crippen molar-refractivity contribution in [1.82, 2.24) is 4.90 Å². The molecule has 25 heavy (non-hydrogen) atoms. The van der Waals surface area contributed by atoms with Gasteiger partial charge in [0.15, 0.2) is 0 Å². The number of carbonyl (C=O) groups is 2. The molecule has 132 valence electrons. The van der Waals surface area contributed by atoms with Crippen molar-refractivity contribution in [2.24, 2.45) is 0 Å². The molecule has 0 saturated heterocycles. The van der Waals surface area contributed by atoms with Crippen molar-refractivity contribution in [1.29, 1.82) is 0 Å². The lowest BCUT2D eigenvalue weighted by atomic mass is 10.1. The molecule has 1 N–H and O–H groups in total. The smallest absolute Gasteiger partial charge is 0.243 e. The summed E-state index contributed by atoms with van der Waals surface area (Å²) < 4.78 is 0. The molecule has 0 radical (unpaired) electrons. The highest BCUT2D eigenvalue weighted by Crippen LogP contribution is 2.16. The van der Waals surface area contributed by atoms with Gasteiger partial charge in [-0.05, 0) is 36.6 Å². The molecule has 0 fully saturated rings. The van der Waals surface area contributed by atoms with Crippen molar-refractivity contribution in [2.45, 2.75) is 19.6 Å². The van der Waals surface area contributed by atoms with Crippen LogP contribution in [0.25, 0.3) is 0 Å². The molecule has 2 aromatic rings. The Labute approximate surface area is 153 Å². The number of carbonyl (C=O) groups excluding carboxylic acids is 2. The summed E-state index contributed by atoms with van der Waals surface area (Å²) in [6.07, 6.45) is 0.